The molecule has 1 N–H and O–H groups in total. The number of carbonyl (C=O) groups is 2. The molecule has 0 aromatic heterocycles. The smallest absolute Gasteiger partial charge is 0.326 e. The number of hydrogen-bond donors (Lipinski definition) is 1. The Morgan fingerprint density at radius 1 is 1.41 bits per heavy atom. The van der Waals surface area contributed by atoms with Gasteiger partial charge in [-0.15, -0.1) is 0 Å². The number of rotatable bonds is 4. The Kier molecular flexibility index (Phi) is 5.29. The number of benzene rings is 1. The van der Waals surface area contributed by atoms with Crippen molar-refractivity contribution in [1.82, 2.24) is 4.90 Å². The minimum atomic E-state index is -0.964. The van der Waals surface area contributed by atoms with Crippen molar-refractivity contribution in [1.29, 1.82) is 0 Å². The van der Waals surface area contributed by atoms with Crippen LogP contribution >= 0.6 is 11.6 Å². The topological polar surface area (TPSA) is 66.8 Å². The van der Waals surface area contributed by atoms with Crippen molar-refractivity contribution in [2.45, 2.75) is 45.3 Å². The van der Waals surface area contributed by atoms with Gasteiger partial charge in [-0.3, -0.25) is 4.79 Å². The second-order valence-electron chi connectivity index (χ2n) is 5.58. The fourth-order valence-corrected chi connectivity index (χ4v) is 2.79. The lowest BCUT2D eigenvalue weighted by Crippen LogP contribution is -2.52. The van der Waals surface area contributed by atoms with Gasteiger partial charge in [0, 0.05) is 6.54 Å². The molecule has 1 aromatic carbocycles. The molecule has 0 aliphatic carbocycles. The molecule has 2 atom stereocenters. The molecule has 1 aliphatic heterocycles. The molecule has 0 bridgehead atoms. The van der Waals surface area contributed by atoms with E-state index in [2.05, 4.69) is 0 Å². The normalized spacial score (nSPS) is 19.6. The summed E-state index contributed by atoms with van der Waals surface area (Å²) in [6.45, 7) is 3.97. The van der Waals surface area contributed by atoms with Gasteiger partial charge in [0.05, 0.1) is 5.02 Å². The minimum absolute atomic E-state index is 0.315. The average molecular weight is 326 g/mol. The van der Waals surface area contributed by atoms with Crippen LogP contribution in [0.2, 0.25) is 5.02 Å². The van der Waals surface area contributed by atoms with E-state index >= 15 is 0 Å². The molecule has 6 heteroatoms. The van der Waals surface area contributed by atoms with E-state index in [4.69, 9.17) is 16.3 Å². The van der Waals surface area contributed by atoms with Gasteiger partial charge in [0.25, 0.3) is 5.91 Å². The number of halogens is 1. The van der Waals surface area contributed by atoms with E-state index in [1.165, 1.54) is 4.90 Å². The van der Waals surface area contributed by atoms with Gasteiger partial charge in [-0.2, -0.15) is 0 Å². The fraction of sp³-hybridized carbons (Fsp3) is 0.500. The Balaban J connectivity index is 2.10. The molecule has 1 heterocycles. The first-order chi connectivity index (χ1) is 10.4. The first-order valence-corrected chi connectivity index (χ1v) is 7.74. The molecule has 0 spiro atoms. The van der Waals surface area contributed by atoms with Gasteiger partial charge < -0.3 is 14.7 Å². The van der Waals surface area contributed by atoms with Crippen LogP contribution in [0.1, 0.15) is 31.7 Å². The molecule has 1 fully saturated rings. The van der Waals surface area contributed by atoms with Crippen LogP contribution in [0.25, 0.3) is 0 Å². The number of nitrogens with zero attached hydrogens (tertiary/aromatic N) is 1. The summed E-state index contributed by atoms with van der Waals surface area (Å²) in [7, 11) is 0. The molecular formula is C16H20ClNO4. The van der Waals surface area contributed by atoms with Crippen LogP contribution in [0.3, 0.4) is 0 Å². The highest BCUT2D eigenvalue weighted by Crippen LogP contribution is 2.27. The summed E-state index contributed by atoms with van der Waals surface area (Å²) in [4.78, 5) is 25.2. The van der Waals surface area contributed by atoms with Crippen LogP contribution < -0.4 is 4.74 Å². The third kappa shape index (κ3) is 3.71. The van der Waals surface area contributed by atoms with Crippen molar-refractivity contribution in [3.05, 3.63) is 28.8 Å². The van der Waals surface area contributed by atoms with Gasteiger partial charge in [-0.1, -0.05) is 17.7 Å². The summed E-state index contributed by atoms with van der Waals surface area (Å²) in [5, 5.41) is 9.68. The largest absolute Gasteiger partial charge is 0.480 e. The third-order valence-electron chi connectivity index (χ3n) is 3.81. The second kappa shape index (κ2) is 7.01. The number of carboxylic acid groups (broad SMARTS) is 1. The van der Waals surface area contributed by atoms with Gasteiger partial charge >= 0.3 is 5.97 Å². The molecule has 5 nitrogen and oxygen atoms in total. The third-order valence-corrected chi connectivity index (χ3v) is 4.12. The molecule has 1 saturated heterocycles. The number of amides is 1. The zero-order valence-electron chi connectivity index (χ0n) is 12.7. The summed E-state index contributed by atoms with van der Waals surface area (Å²) in [6.07, 6.45) is 1.34. The molecular weight excluding hydrogens is 306 g/mol. The molecule has 0 saturated carbocycles. The van der Waals surface area contributed by atoms with Gasteiger partial charge in [0.15, 0.2) is 6.10 Å². The van der Waals surface area contributed by atoms with Crippen molar-refractivity contribution >= 4 is 23.5 Å². The predicted octanol–water partition coefficient (Wildman–Crippen LogP) is 2.88. The highest BCUT2D eigenvalue weighted by Gasteiger charge is 2.34. The van der Waals surface area contributed by atoms with Crippen molar-refractivity contribution < 1.29 is 19.4 Å². The quantitative estimate of drug-likeness (QED) is 0.924. The molecule has 22 heavy (non-hydrogen) atoms. The monoisotopic (exact) mass is 325 g/mol. The van der Waals surface area contributed by atoms with Gasteiger partial charge in [-0.25, -0.2) is 4.79 Å². The van der Waals surface area contributed by atoms with E-state index < -0.39 is 18.1 Å². The zero-order valence-corrected chi connectivity index (χ0v) is 13.5. The standard InChI is InChI=1S/C16H20ClNO4/c1-10-6-7-12(17)14(9-10)22-11(2)15(19)18-8-4-3-5-13(18)16(20)21/h6-7,9,11,13H,3-5,8H2,1-2H3,(H,20,21). The maximum atomic E-state index is 12.5. The zero-order chi connectivity index (χ0) is 16.3. The van der Waals surface area contributed by atoms with Crippen molar-refractivity contribution in [2.75, 3.05) is 6.54 Å². The second-order valence-corrected chi connectivity index (χ2v) is 5.98. The number of likely N-dealkylation sites (tertiary alicyclic amines) is 1. The van der Waals surface area contributed by atoms with Crippen molar-refractivity contribution in [3.8, 4) is 5.75 Å². The molecule has 120 valence electrons. The maximum Gasteiger partial charge on any atom is 0.326 e. The van der Waals surface area contributed by atoms with Crippen LogP contribution in [0.15, 0.2) is 18.2 Å². The summed E-state index contributed by atoms with van der Waals surface area (Å²) in [5.74, 6) is -0.843. The molecule has 1 amide bonds. The molecule has 2 unspecified atom stereocenters. The lowest BCUT2D eigenvalue weighted by Gasteiger charge is -2.34. The summed E-state index contributed by atoms with van der Waals surface area (Å²) < 4.78 is 5.65. The number of aryl methyl sites for hydroxylation is 1. The minimum Gasteiger partial charge on any atom is -0.480 e. The average Bonchev–Trinajstić information content (AvgIpc) is 2.50. The van der Waals surface area contributed by atoms with E-state index in [0.717, 1.165) is 18.4 Å². The highest BCUT2D eigenvalue weighted by atomic mass is 35.5. The lowest BCUT2D eigenvalue weighted by molar-refractivity contribution is -0.155. The van der Waals surface area contributed by atoms with E-state index in [0.29, 0.717) is 23.7 Å². The first-order valence-electron chi connectivity index (χ1n) is 7.36. The summed E-state index contributed by atoms with van der Waals surface area (Å²) in [6, 6.07) is 4.56. The van der Waals surface area contributed by atoms with Crippen LogP contribution in [0.4, 0.5) is 0 Å². The van der Waals surface area contributed by atoms with E-state index in [9.17, 15) is 14.7 Å². The SMILES string of the molecule is Cc1ccc(Cl)c(OC(C)C(=O)N2CCCCC2C(=O)O)c1. The Labute approximate surface area is 134 Å². The number of piperidine rings is 1. The van der Waals surface area contributed by atoms with Crippen molar-refractivity contribution in [2.24, 2.45) is 0 Å². The highest BCUT2D eigenvalue weighted by molar-refractivity contribution is 6.32. The summed E-state index contributed by atoms with van der Waals surface area (Å²) in [5.41, 5.74) is 0.973. The van der Waals surface area contributed by atoms with Crippen LogP contribution in [0.5, 0.6) is 5.75 Å². The number of carbonyl (C=O) groups excluding carboxylic acids is 1. The molecule has 2 rings (SSSR count). The number of hydrogen-bond acceptors (Lipinski definition) is 3. The number of carboxylic acids is 1. The molecule has 1 aliphatic rings. The fourth-order valence-electron chi connectivity index (χ4n) is 2.63. The number of aliphatic carboxylic acids is 1. The molecule has 1 aromatic rings. The van der Waals surface area contributed by atoms with Crippen LogP contribution in [0, 0.1) is 6.92 Å². The van der Waals surface area contributed by atoms with Crippen LogP contribution in [-0.4, -0.2) is 40.6 Å². The van der Waals surface area contributed by atoms with Gasteiger partial charge in [0.1, 0.15) is 11.8 Å². The van der Waals surface area contributed by atoms with E-state index in [1.807, 2.05) is 13.0 Å². The first kappa shape index (κ1) is 16.6. The summed E-state index contributed by atoms with van der Waals surface area (Å²) >= 11 is 6.07. The Hall–Kier alpha value is -1.75. The predicted molar refractivity (Wildman–Crippen MR) is 83.3 cm³/mol. The van der Waals surface area contributed by atoms with E-state index in [1.54, 1.807) is 19.1 Å². The van der Waals surface area contributed by atoms with Gasteiger partial charge in [-0.05, 0) is 50.8 Å². The Bertz CT molecular complexity index is 575. The van der Waals surface area contributed by atoms with Crippen LogP contribution in [-0.2, 0) is 9.59 Å². The van der Waals surface area contributed by atoms with Crippen molar-refractivity contribution in [3.63, 3.8) is 0 Å². The number of ether oxygens (including phenoxy) is 1. The maximum absolute atomic E-state index is 12.5. The van der Waals surface area contributed by atoms with Gasteiger partial charge in [0.2, 0.25) is 0 Å². The lowest BCUT2D eigenvalue weighted by atomic mass is 10.0. The molecule has 0 radical (unpaired) electrons. The van der Waals surface area contributed by atoms with E-state index in [-0.39, 0.29) is 5.91 Å². The Morgan fingerprint density at radius 3 is 2.82 bits per heavy atom. The Morgan fingerprint density at radius 2 is 2.14 bits per heavy atom.